The smallest absolute Gasteiger partial charge is 0.328 e. The number of benzene rings is 2. The molecule has 0 radical (unpaired) electrons. The van der Waals surface area contributed by atoms with Crippen molar-refractivity contribution in [1.29, 1.82) is 0 Å². The quantitative estimate of drug-likeness (QED) is 0.549. The summed E-state index contributed by atoms with van der Waals surface area (Å²) in [4.78, 5) is 12.1. The van der Waals surface area contributed by atoms with Crippen LogP contribution in [-0.2, 0) is 20.6 Å². The van der Waals surface area contributed by atoms with Gasteiger partial charge in [-0.3, -0.25) is 9.13 Å². The van der Waals surface area contributed by atoms with Gasteiger partial charge in [0.15, 0.2) is 0 Å². The number of hydrogen-bond donors (Lipinski definition) is 2. The molecule has 1 atom stereocenters. The van der Waals surface area contributed by atoms with Crippen molar-refractivity contribution in [3.63, 3.8) is 0 Å². The normalized spacial score (nSPS) is 13.5. The van der Waals surface area contributed by atoms with Gasteiger partial charge in [-0.25, -0.2) is 4.79 Å². The van der Waals surface area contributed by atoms with Gasteiger partial charge in [0.1, 0.15) is 18.5 Å². The number of ether oxygens (including phenoxy) is 1. The molecule has 6 heteroatoms. The first-order valence-corrected chi connectivity index (χ1v) is 11.2. The maximum Gasteiger partial charge on any atom is 0.328 e. The third-order valence-corrected chi connectivity index (χ3v) is 5.76. The van der Waals surface area contributed by atoms with Gasteiger partial charge in [-0.1, -0.05) is 39.0 Å². The minimum absolute atomic E-state index is 0.0564. The van der Waals surface area contributed by atoms with Gasteiger partial charge in [-0.15, -0.1) is 0 Å². The van der Waals surface area contributed by atoms with Crippen molar-refractivity contribution in [2.24, 2.45) is 19.5 Å². The molecule has 0 saturated heterocycles. The van der Waals surface area contributed by atoms with Crippen LogP contribution in [0.1, 0.15) is 58.3 Å². The summed E-state index contributed by atoms with van der Waals surface area (Å²) in [6, 6.07) is 13.5. The van der Waals surface area contributed by atoms with Gasteiger partial charge in [-0.05, 0) is 61.1 Å². The minimum Gasteiger partial charge on any atom is -0.491 e. The SMILES string of the molecule is Cn1c(=O)n(C)c2cc([C@@H](O)COc3ccc(CNC(C)(C)CC(C)(C)C)cc3)ccc21. The second-order valence-corrected chi connectivity index (χ2v) is 10.6. The van der Waals surface area contributed by atoms with E-state index < -0.39 is 6.10 Å². The standard InChI is InChI=1S/C26H37N3O3/c1-25(2,3)17-26(4,5)27-15-18-8-11-20(12-9-18)32-16-23(30)19-10-13-21-22(14-19)29(7)24(31)28(21)6/h8-14,23,27,30H,15-17H2,1-7H3/t23-/m0/s1. The van der Waals surface area contributed by atoms with Crippen molar-refractivity contribution in [1.82, 2.24) is 14.5 Å². The topological polar surface area (TPSA) is 68.4 Å². The van der Waals surface area contributed by atoms with E-state index >= 15 is 0 Å². The minimum atomic E-state index is -0.783. The first-order chi connectivity index (χ1) is 14.9. The van der Waals surface area contributed by atoms with Crippen LogP contribution in [0.4, 0.5) is 0 Å². The summed E-state index contributed by atoms with van der Waals surface area (Å²) in [6.45, 7) is 12.2. The molecule has 0 aliphatic rings. The highest BCUT2D eigenvalue weighted by Gasteiger charge is 2.24. The fraction of sp³-hybridized carbons (Fsp3) is 0.500. The molecule has 1 aromatic heterocycles. The number of aromatic nitrogens is 2. The maximum absolute atomic E-state index is 12.1. The van der Waals surface area contributed by atoms with E-state index in [1.807, 2.05) is 42.5 Å². The van der Waals surface area contributed by atoms with E-state index in [1.54, 1.807) is 23.2 Å². The summed E-state index contributed by atoms with van der Waals surface area (Å²) < 4.78 is 9.00. The lowest BCUT2D eigenvalue weighted by Crippen LogP contribution is -2.41. The molecule has 0 unspecified atom stereocenters. The third-order valence-electron chi connectivity index (χ3n) is 5.76. The van der Waals surface area contributed by atoms with Gasteiger partial charge in [0.2, 0.25) is 0 Å². The Morgan fingerprint density at radius 1 is 0.969 bits per heavy atom. The number of aliphatic hydroxyl groups is 1. The van der Waals surface area contributed by atoms with Crippen LogP contribution in [0.3, 0.4) is 0 Å². The number of aryl methyl sites for hydroxylation is 2. The number of fused-ring (bicyclic) bond motifs is 1. The third kappa shape index (κ3) is 5.81. The van der Waals surface area contributed by atoms with Crippen LogP contribution < -0.4 is 15.7 Å². The van der Waals surface area contributed by atoms with Gasteiger partial charge in [0, 0.05) is 26.2 Å². The summed E-state index contributed by atoms with van der Waals surface area (Å²) in [5.41, 5.74) is 3.79. The van der Waals surface area contributed by atoms with Crippen LogP contribution in [0.2, 0.25) is 0 Å². The average molecular weight is 440 g/mol. The number of hydrogen-bond acceptors (Lipinski definition) is 4. The van der Waals surface area contributed by atoms with Crippen LogP contribution in [0, 0.1) is 5.41 Å². The van der Waals surface area contributed by atoms with Gasteiger partial charge >= 0.3 is 5.69 Å². The molecule has 32 heavy (non-hydrogen) atoms. The Hall–Kier alpha value is -2.57. The predicted molar refractivity (Wildman–Crippen MR) is 130 cm³/mol. The van der Waals surface area contributed by atoms with E-state index in [0.29, 0.717) is 0 Å². The molecule has 0 aliphatic heterocycles. The molecule has 0 amide bonds. The summed E-state index contributed by atoms with van der Waals surface area (Å²) >= 11 is 0. The zero-order chi connectivity index (χ0) is 23.7. The van der Waals surface area contributed by atoms with Crippen LogP contribution in [0.15, 0.2) is 47.3 Å². The summed E-state index contributed by atoms with van der Waals surface area (Å²) in [6.07, 6.45) is 0.302. The second kappa shape index (κ2) is 9.12. The Bertz CT molecular complexity index is 1120. The second-order valence-electron chi connectivity index (χ2n) is 10.6. The van der Waals surface area contributed by atoms with Crippen molar-refractivity contribution >= 4 is 11.0 Å². The molecule has 1 heterocycles. The molecule has 3 rings (SSSR count). The fourth-order valence-corrected chi connectivity index (χ4v) is 4.44. The van der Waals surface area contributed by atoms with Crippen LogP contribution >= 0.6 is 0 Å². The van der Waals surface area contributed by atoms with Crippen molar-refractivity contribution in [2.75, 3.05) is 6.61 Å². The van der Waals surface area contributed by atoms with E-state index in [9.17, 15) is 9.90 Å². The monoisotopic (exact) mass is 439 g/mol. The Kier molecular flexibility index (Phi) is 6.86. The number of imidazole rings is 1. The Balaban J connectivity index is 1.57. The number of nitrogens with one attached hydrogen (secondary N) is 1. The van der Waals surface area contributed by atoms with Gasteiger partial charge < -0.3 is 15.2 Å². The highest BCUT2D eigenvalue weighted by atomic mass is 16.5. The van der Waals surface area contributed by atoms with Crippen molar-refractivity contribution in [2.45, 2.75) is 59.2 Å². The highest BCUT2D eigenvalue weighted by molar-refractivity contribution is 5.76. The number of aliphatic hydroxyl groups excluding tert-OH is 1. The van der Waals surface area contributed by atoms with Crippen molar-refractivity contribution in [3.05, 3.63) is 64.1 Å². The first kappa shape index (κ1) is 24.1. The lowest BCUT2D eigenvalue weighted by atomic mass is 9.82. The molecule has 0 aliphatic carbocycles. The molecular weight excluding hydrogens is 402 g/mol. The molecule has 2 aromatic carbocycles. The largest absolute Gasteiger partial charge is 0.491 e. The summed E-state index contributed by atoms with van der Waals surface area (Å²) in [7, 11) is 3.48. The number of rotatable bonds is 8. The summed E-state index contributed by atoms with van der Waals surface area (Å²) in [5.74, 6) is 0.718. The Labute approximate surface area is 190 Å². The zero-order valence-electron chi connectivity index (χ0n) is 20.4. The van der Waals surface area contributed by atoms with E-state index in [2.05, 4.69) is 39.9 Å². The molecule has 3 aromatic rings. The molecule has 6 nitrogen and oxygen atoms in total. The van der Waals surface area contributed by atoms with Gasteiger partial charge in [-0.2, -0.15) is 0 Å². The molecule has 0 saturated carbocycles. The summed E-state index contributed by atoms with van der Waals surface area (Å²) in [5, 5.41) is 14.2. The molecule has 0 fully saturated rings. The Morgan fingerprint density at radius 2 is 1.59 bits per heavy atom. The molecule has 0 spiro atoms. The Morgan fingerprint density at radius 3 is 2.22 bits per heavy atom. The van der Waals surface area contributed by atoms with E-state index in [1.165, 1.54) is 5.56 Å². The lowest BCUT2D eigenvalue weighted by Gasteiger charge is -2.33. The zero-order valence-corrected chi connectivity index (χ0v) is 20.4. The molecule has 0 bridgehead atoms. The van der Waals surface area contributed by atoms with Gasteiger partial charge in [0.05, 0.1) is 11.0 Å². The highest BCUT2D eigenvalue weighted by Crippen LogP contribution is 2.27. The van der Waals surface area contributed by atoms with Gasteiger partial charge in [0.25, 0.3) is 0 Å². The molecule has 174 valence electrons. The van der Waals surface area contributed by atoms with Crippen LogP contribution in [0.25, 0.3) is 11.0 Å². The lowest BCUT2D eigenvalue weighted by molar-refractivity contribution is 0.108. The molecule has 2 N–H and O–H groups in total. The van der Waals surface area contributed by atoms with E-state index in [4.69, 9.17) is 4.74 Å². The predicted octanol–water partition coefficient (Wildman–Crippen LogP) is 4.29. The van der Waals surface area contributed by atoms with Crippen molar-refractivity contribution in [3.8, 4) is 5.75 Å². The first-order valence-electron chi connectivity index (χ1n) is 11.2. The maximum atomic E-state index is 12.1. The number of nitrogens with zero attached hydrogens (tertiary/aromatic N) is 2. The molecular formula is C26H37N3O3. The van der Waals surface area contributed by atoms with E-state index in [-0.39, 0.29) is 23.3 Å². The van der Waals surface area contributed by atoms with Crippen LogP contribution in [0.5, 0.6) is 5.75 Å². The average Bonchev–Trinajstić information content (AvgIpc) is 2.93. The van der Waals surface area contributed by atoms with Crippen molar-refractivity contribution < 1.29 is 9.84 Å². The van der Waals surface area contributed by atoms with E-state index in [0.717, 1.165) is 35.3 Å². The van der Waals surface area contributed by atoms with Crippen LogP contribution in [-0.4, -0.2) is 26.4 Å². The fourth-order valence-electron chi connectivity index (χ4n) is 4.44.